The van der Waals surface area contributed by atoms with Crippen molar-refractivity contribution < 1.29 is 4.79 Å². The molecule has 0 aromatic carbocycles. The van der Waals surface area contributed by atoms with Gasteiger partial charge in [-0.2, -0.15) is 15.3 Å². The summed E-state index contributed by atoms with van der Waals surface area (Å²) in [4.78, 5) is 23.3. The number of rotatable bonds is 6. The van der Waals surface area contributed by atoms with E-state index in [9.17, 15) is 10.1 Å². The van der Waals surface area contributed by atoms with Crippen molar-refractivity contribution in [2.24, 2.45) is 17.1 Å². The molecule has 0 bridgehead atoms. The number of hydrogen-bond donors (Lipinski definition) is 2. The number of hydrogen-bond acceptors (Lipinski definition) is 7. The van der Waals surface area contributed by atoms with Crippen LogP contribution in [0.5, 0.6) is 0 Å². The summed E-state index contributed by atoms with van der Waals surface area (Å²) in [5, 5.41) is 17.1. The van der Waals surface area contributed by atoms with Crippen LogP contribution in [0.25, 0.3) is 0 Å². The highest BCUT2D eigenvalue weighted by Crippen LogP contribution is 2.51. The largest absolute Gasteiger partial charge is 0.328 e. The molecule has 28 heavy (non-hydrogen) atoms. The molecule has 3 N–H and O–H groups in total. The van der Waals surface area contributed by atoms with E-state index < -0.39 is 5.41 Å². The highest BCUT2D eigenvalue weighted by molar-refractivity contribution is 6.01. The molecule has 0 spiro atoms. The van der Waals surface area contributed by atoms with Crippen LogP contribution in [-0.2, 0) is 10.3 Å². The molecule has 1 atom stereocenters. The van der Waals surface area contributed by atoms with Crippen molar-refractivity contribution in [2.45, 2.75) is 38.6 Å². The Hall–Kier alpha value is -2.99. The molecule has 2 aromatic rings. The van der Waals surface area contributed by atoms with Crippen molar-refractivity contribution in [3.05, 3.63) is 24.7 Å². The molecule has 9 heteroatoms. The van der Waals surface area contributed by atoms with Gasteiger partial charge in [-0.1, -0.05) is 0 Å². The van der Waals surface area contributed by atoms with Gasteiger partial charge in [0, 0.05) is 25.5 Å². The molecule has 2 fully saturated rings. The van der Waals surface area contributed by atoms with E-state index >= 15 is 0 Å². The maximum Gasteiger partial charge on any atom is 0.248 e. The van der Waals surface area contributed by atoms with Gasteiger partial charge in [-0.15, -0.1) is 0 Å². The van der Waals surface area contributed by atoms with Crippen molar-refractivity contribution >= 4 is 23.4 Å². The zero-order valence-electron chi connectivity index (χ0n) is 16.1. The van der Waals surface area contributed by atoms with Crippen LogP contribution in [0.2, 0.25) is 0 Å². The minimum absolute atomic E-state index is 0.139. The molecule has 0 radical (unpaired) electrons. The first-order valence-electron chi connectivity index (χ1n) is 9.48. The van der Waals surface area contributed by atoms with Crippen LogP contribution in [0, 0.1) is 22.7 Å². The second-order valence-electron chi connectivity index (χ2n) is 8.12. The molecule has 1 aliphatic carbocycles. The number of amides is 1. The number of nitrogens with two attached hydrogens (primary N) is 1. The van der Waals surface area contributed by atoms with Gasteiger partial charge in [0.1, 0.15) is 11.2 Å². The van der Waals surface area contributed by atoms with Gasteiger partial charge in [0.15, 0.2) is 0 Å². The second-order valence-corrected chi connectivity index (χ2v) is 8.12. The van der Waals surface area contributed by atoms with Crippen molar-refractivity contribution in [3.8, 4) is 6.07 Å². The average molecular weight is 380 g/mol. The quantitative estimate of drug-likeness (QED) is 0.782. The summed E-state index contributed by atoms with van der Waals surface area (Å²) in [6.07, 6.45) is 7.59. The van der Waals surface area contributed by atoms with Gasteiger partial charge in [-0.05, 0) is 45.1 Å². The molecular formula is C19H24N8O. The highest BCUT2D eigenvalue weighted by atomic mass is 16.2. The number of carbonyl (C=O) groups excluding carboxylic acids is 1. The van der Waals surface area contributed by atoms with E-state index in [2.05, 4.69) is 26.5 Å². The topological polar surface area (TPSA) is 126 Å². The monoisotopic (exact) mass is 380 g/mol. The molecule has 4 rings (SSSR count). The number of aromatic nitrogens is 4. The summed E-state index contributed by atoms with van der Waals surface area (Å²) in [7, 11) is 0. The van der Waals surface area contributed by atoms with Crippen molar-refractivity contribution in [1.82, 2.24) is 19.7 Å². The highest BCUT2D eigenvalue weighted by Gasteiger charge is 2.57. The molecule has 1 amide bonds. The third kappa shape index (κ3) is 2.99. The van der Waals surface area contributed by atoms with E-state index in [1.165, 1.54) is 0 Å². The standard InChI is InChI=1S/C19H24N8O/c1-18(2,11-20)27-10-14(9-23-27)24-17-22-7-5-15(25-17)26-8-6-19(12-21,16(26)28)13-3-4-13/h5,7,9-10,13H,3-4,6,8,11,20H2,1-2H3,(H,22,24,25)/t19-/m1/s1. The SMILES string of the molecule is CC(C)(CN)n1cc(Nc2nccc(N3CC[C@@](C#N)(C4CC4)C3=O)n2)cn1. The van der Waals surface area contributed by atoms with Gasteiger partial charge < -0.3 is 11.1 Å². The Kier molecular flexibility index (Phi) is 4.31. The fourth-order valence-electron chi connectivity index (χ4n) is 3.61. The Labute approximate surface area is 163 Å². The molecular weight excluding hydrogens is 356 g/mol. The Morgan fingerprint density at radius 2 is 2.25 bits per heavy atom. The third-order valence-electron chi connectivity index (χ3n) is 5.71. The molecule has 146 valence electrons. The first-order chi connectivity index (χ1) is 13.4. The summed E-state index contributed by atoms with van der Waals surface area (Å²) in [6, 6.07) is 3.99. The van der Waals surface area contributed by atoms with Gasteiger partial charge >= 0.3 is 0 Å². The van der Waals surface area contributed by atoms with E-state index in [4.69, 9.17) is 5.73 Å². The molecule has 1 aliphatic heterocycles. The van der Waals surface area contributed by atoms with Crippen molar-refractivity contribution in [3.63, 3.8) is 0 Å². The van der Waals surface area contributed by atoms with Crippen LogP contribution in [0.1, 0.15) is 33.1 Å². The van der Waals surface area contributed by atoms with Crippen LogP contribution in [0.3, 0.4) is 0 Å². The number of nitrogens with one attached hydrogen (secondary N) is 1. The van der Waals surface area contributed by atoms with E-state index in [-0.39, 0.29) is 17.4 Å². The van der Waals surface area contributed by atoms with Crippen molar-refractivity contribution in [1.29, 1.82) is 5.26 Å². The number of carbonyl (C=O) groups is 1. The minimum atomic E-state index is -0.881. The van der Waals surface area contributed by atoms with Crippen LogP contribution in [0.4, 0.5) is 17.5 Å². The van der Waals surface area contributed by atoms with Gasteiger partial charge in [-0.25, -0.2) is 4.98 Å². The van der Waals surface area contributed by atoms with Gasteiger partial charge in [0.2, 0.25) is 11.9 Å². The summed E-state index contributed by atoms with van der Waals surface area (Å²) >= 11 is 0. The predicted molar refractivity (Wildman–Crippen MR) is 104 cm³/mol. The van der Waals surface area contributed by atoms with Crippen LogP contribution >= 0.6 is 0 Å². The van der Waals surface area contributed by atoms with Crippen LogP contribution < -0.4 is 16.0 Å². The minimum Gasteiger partial charge on any atom is -0.328 e. The zero-order chi connectivity index (χ0) is 19.9. The van der Waals surface area contributed by atoms with Crippen LogP contribution in [-0.4, -0.2) is 38.7 Å². The van der Waals surface area contributed by atoms with Crippen molar-refractivity contribution in [2.75, 3.05) is 23.3 Å². The Morgan fingerprint density at radius 3 is 2.93 bits per heavy atom. The molecule has 1 saturated heterocycles. The Bertz CT molecular complexity index is 941. The summed E-state index contributed by atoms with van der Waals surface area (Å²) in [5.41, 5.74) is 5.35. The molecule has 3 heterocycles. The van der Waals surface area contributed by atoms with E-state index in [1.54, 1.807) is 28.0 Å². The number of anilines is 3. The lowest BCUT2D eigenvalue weighted by Crippen LogP contribution is -2.35. The summed E-state index contributed by atoms with van der Waals surface area (Å²) < 4.78 is 1.79. The van der Waals surface area contributed by atoms with E-state index in [0.29, 0.717) is 31.3 Å². The normalized spacial score (nSPS) is 22.4. The second kappa shape index (κ2) is 6.56. The molecule has 2 aromatic heterocycles. The maximum atomic E-state index is 13.0. The van der Waals surface area contributed by atoms with Gasteiger partial charge in [-0.3, -0.25) is 14.4 Å². The molecule has 2 aliphatic rings. The predicted octanol–water partition coefficient (Wildman–Crippen LogP) is 1.77. The van der Waals surface area contributed by atoms with E-state index in [0.717, 1.165) is 18.5 Å². The zero-order valence-corrected chi connectivity index (χ0v) is 16.1. The fraction of sp³-hybridized carbons (Fsp3) is 0.526. The lowest BCUT2D eigenvalue weighted by Gasteiger charge is -2.22. The third-order valence-corrected chi connectivity index (χ3v) is 5.71. The maximum absolute atomic E-state index is 13.0. The Balaban J connectivity index is 1.53. The summed E-state index contributed by atoms with van der Waals surface area (Å²) in [6.45, 7) is 4.96. The smallest absolute Gasteiger partial charge is 0.248 e. The number of nitriles is 1. The fourth-order valence-corrected chi connectivity index (χ4v) is 3.61. The average Bonchev–Trinajstić information content (AvgIpc) is 3.34. The van der Waals surface area contributed by atoms with Gasteiger partial charge in [0.25, 0.3) is 0 Å². The summed E-state index contributed by atoms with van der Waals surface area (Å²) in [5.74, 6) is 0.928. The lowest BCUT2D eigenvalue weighted by atomic mass is 9.83. The Morgan fingerprint density at radius 1 is 1.46 bits per heavy atom. The molecule has 1 saturated carbocycles. The first kappa shape index (κ1) is 18.4. The molecule has 9 nitrogen and oxygen atoms in total. The number of nitrogens with zero attached hydrogens (tertiary/aromatic N) is 6. The first-order valence-corrected chi connectivity index (χ1v) is 9.48. The lowest BCUT2D eigenvalue weighted by molar-refractivity contribution is -0.123. The molecule has 0 unspecified atom stereocenters. The van der Waals surface area contributed by atoms with E-state index in [1.807, 2.05) is 20.0 Å². The van der Waals surface area contributed by atoms with Gasteiger partial charge in [0.05, 0.1) is 23.5 Å². The van der Waals surface area contributed by atoms with Crippen LogP contribution in [0.15, 0.2) is 24.7 Å².